The van der Waals surface area contributed by atoms with Gasteiger partial charge in [-0.3, -0.25) is 10.2 Å². The van der Waals surface area contributed by atoms with Gasteiger partial charge in [-0.1, -0.05) is 29.8 Å². The van der Waals surface area contributed by atoms with Gasteiger partial charge in [0.2, 0.25) is 5.95 Å². The quantitative estimate of drug-likeness (QED) is 0.911. The van der Waals surface area contributed by atoms with Gasteiger partial charge >= 0.3 is 0 Å². The zero-order chi connectivity index (χ0) is 17.6. The Morgan fingerprint density at radius 2 is 1.72 bits per heavy atom. The summed E-state index contributed by atoms with van der Waals surface area (Å²) >= 11 is 0. The summed E-state index contributed by atoms with van der Waals surface area (Å²) in [7, 11) is 0. The van der Waals surface area contributed by atoms with E-state index in [1.54, 1.807) is 0 Å². The topological polar surface area (TPSA) is 58.1 Å². The molecule has 1 aromatic heterocycles. The van der Waals surface area contributed by atoms with Crippen molar-refractivity contribution in [3.05, 3.63) is 64.1 Å². The summed E-state index contributed by atoms with van der Waals surface area (Å²) in [6.07, 6.45) is 2.40. The van der Waals surface area contributed by atoms with Crippen LogP contribution >= 0.6 is 0 Å². The van der Waals surface area contributed by atoms with E-state index in [4.69, 9.17) is 0 Å². The Bertz CT molecular complexity index is 850. The van der Waals surface area contributed by atoms with E-state index in [1.807, 2.05) is 24.9 Å². The molecule has 1 aliphatic carbocycles. The third kappa shape index (κ3) is 2.80. The molecule has 128 valence electrons. The smallest absolute Gasteiger partial charge is 0.245 e. The Balaban J connectivity index is 1.83. The second-order valence-electron chi connectivity index (χ2n) is 6.91. The van der Waals surface area contributed by atoms with Gasteiger partial charge in [0, 0.05) is 29.1 Å². The summed E-state index contributed by atoms with van der Waals surface area (Å²) in [4.78, 5) is 21.9. The zero-order valence-corrected chi connectivity index (χ0v) is 14.8. The molecular formula is C20H22N4O. The molecule has 0 spiro atoms. The van der Waals surface area contributed by atoms with Gasteiger partial charge < -0.3 is 0 Å². The second-order valence-corrected chi connectivity index (χ2v) is 6.91. The van der Waals surface area contributed by atoms with Crippen LogP contribution in [0.4, 0.5) is 5.95 Å². The van der Waals surface area contributed by atoms with Crippen LogP contribution in [0.3, 0.4) is 0 Å². The maximum atomic E-state index is 12.7. The Morgan fingerprint density at radius 1 is 1.04 bits per heavy atom. The van der Waals surface area contributed by atoms with Crippen LogP contribution in [0.5, 0.6) is 0 Å². The minimum absolute atomic E-state index is 0.176. The Kier molecular flexibility index (Phi) is 3.79. The molecule has 0 saturated heterocycles. The Morgan fingerprint density at radius 3 is 2.40 bits per heavy atom. The number of ketones is 1. The number of carbonyl (C=O) groups is 1. The number of benzene rings is 1. The number of Topliss-reactive ketones (excluding diaryl/α,β-unsaturated/α-hetero) is 1. The highest BCUT2D eigenvalue weighted by Crippen LogP contribution is 2.41. The molecule has 5 nitrogen and oxygen atoms in total. The summed E-state index contributed by atoms with van der Waals surface area (Å²) in [6.45, 7) is 6.00. The summed E-state index contributed by atoms with van der Waals surface area (Å²) in [6, 6.07) is 10.1. The molecule has 2 aliphatic rings. The van der Waals surface area contributed by atoms with Gasteiger partial charge in [-0.25, -0.2) is 15.0 Å². The van der Waals surface area contributed by atoms with Crippen LogP contribution in [0.2, 0.25) is 0 Å². The predicted molar refractivity (Wildman–Crippen MR) is 96.9 cm³/mol. The molecule has 2 aromatic rings. The first-order valence-electron chi connectivity index (χ1n) is 8.74. The third-order valence-electron chi connectivity index (χ3n) is 4.82. The van der Waals surface area contributed by atoms with E-state index >= 15 is 0 Å². The number of aromatic nitrogens is 2. The number of allylic oxidation sites excluding steroid dienone is 1. The SMILES string of the molecule is Cc1ccc(C2C3=C(CCCC3=O)NN2c2nc(C)cc(C)n2)cc1. The molecule has 5 heteroatoms. The van der Waals surface area contributed by atoms with Crippen LogP contribution in [0.15, 0.2) is 41.6 Å². The van der Waals surface area contributed by atoms with E-state index in [9.17, 15) is 4.79 Å². The molecule has 2 heterocycles. The van der Waals surface area contributed by atoms with Gasteiger partial charge in [0.25, 0.3) is 0 Å². The maximum absolute atomic E-state index is 12.7. The summed E-state index contributed by atoms with van der Waals surface area (Å²) in [5, 5.41) is 1.96. The van der Waals surface area contributed by atoms with Gasteiger partial charge in [-0.15, -0.1) is 0 Å². The number of anilines is 1. The highest BCUT2D eigenvalue weighted by atomic mass is 16.1. The molecule has 1 N–H and O–H groups in total. The molecule has 25 heavy (non-hydrogen) atoms. The van der Waals surface area contributed by atoms with Crippen molar-refractivity contribution in [1.29, 1.82) is 0 Å². The van der Waals surface area contributed by atoms with Crippen molar-refractivity contribution in [2.75, 3.05) is 5.01 Å². The van der Waals surface area contributed by atoms with E-state index in [-0.39, 0.29) is 11.8 Å². The highest BCUT2D eigenvalue weighted by Gasteiger charge is 2.40. The number of nitrogens with zero attached hydrogens (tertiary/aromatic N) is 3. The molecule has 1 aliphatic heterocycles. The lowest BCUT2D eigenvalue weighted by Gasteiger charge is -2.27. The van der Waals surface area contributed by atoms with Crippen molar-refractivity contribution < 1.29 is 4.79 Å². The highest BCUT2D eigenvalue weighted by molar-refractivity contribution is 5.99. The standard InChI is InChI=1S/C20H22N4O/c1-12-7-9-15(10-8-12)19-18-16(5-4-6-17(18)25)23-24(19)20-21-13(2)11-14(3)22-20/h7-11,19,23H,4-6H2,1-3H3. The zero-order valence-electron chi connectivity index (χ0n) is 14.8. The van der Waals surface area contributed by atoms with Crippen LogP contribution in [0, 0.1) is 20.8 Å². The molecule has 0 saturated carbocycles. The molecular weight excluding hydrogens is 312 g/mol. The second kappa shape index (κ2) is 5.99. The van der Waals surface area contributed by atoms with Gasteiger partial charge in [0.15, 0.2) is 5.78 Å². The van der Waals surface area contributed by atoms with Crippen molar-refractivity contribution in [1.82, 2.24) is 15.4 Å². The van der Waals surface area contributed by atoms with E-state index in [0.717, 1.165) is 41.1 Å². The fourth-order valence-electron chi connectivity index (χ4n) is 3.68. The first-order valence-corrected chi connectivity index (χ1v) is 8.74. The number of hydrogen-bond acceptors (Lipinski definition) is 5. The van der Waals surface area contributed by atoms with Crippen molar-refractivity contribution in [2.24, 2.45) is 0 Å². The molecule has 0 fully saturated rings. The lowest BCUT2D eigenvalue weighted by Crippen LogP contribution is -2.36. The van der Waals surface area contributed by atoms with Gasteiger partial charge in [-0.05, 0) is 45.2 Å². The Labute approximate surface area is 147 Å². The monoisotopic (exact) mass is 334 g/mol. The van der Waals surface area contributed by atoms with Crippen LogP contribution in [-0.2, 0) is 4.79 Å². The largest absolute Gasteiger partial charge is 0.299 e. The van der Waals surface area contributed by atoms with E-state index in [0.29, 0.717) is 12.4 Å². The van der Waals surface area contributed by atoms with Crippen LogP contribution < -0.4 is 10.4 Å². The number of carbonyl (C=O) groups excluding carboxylic acids is 1. The van der Waals surface area contributed by atoms with E-state index < -0.39 is 0 Å². The first-order chi connectivity index (χ1) is 12.0. The maximum Gasteiger partial charge on any atom is 0.245 e. The predicted octanol–water partition coefficient (Wildman–Crippen LogP) is 3.47. The Hall–Kier alpha value is -2.69. The van der Waals surface area contributed by atoms with Crippen LogP contribution in [-0.4, -0.2) is 15.8 Å². The average Bonchev–Trinajstić information content (AvgIpc) is 2.96. The lowest BCUT2D eigenvalue weighted by molar-refractivity contribution is -0.116. The minimum atomic E-state index is -0.176. The fourth-order valence-corrected chi connectivity index (χ4v) is 3.68. The van der Waals surface area contributed by atoms with Gasteiger partial charge in [0.1, 0.15) is 6.04 Å². The number of hydrogen-bond donors (Lipinski definition) is 1. The lowest BCUT2D eigenvalue weighted by atomic mass is 9.88. The normalized spacial score (nSPS) is 19.9. The molecule has 0 bridgehead atoms. The van der Waals surface area contributed by atoms with E-state index in [2.05, 4.69) is 46.6 Å². The average molecular weight is 334 g/mol. The van der Waals surface area contributed by atoms with Crippen molar-refractivity contribution >= 4 is 11.7 Å². The summed E-state index contributed by atoms with van der Waals surface area (Å²) < 4.78 is 0. The van der Waals surface area contributed by atoms with Crippen LogP contribution in [0.1, 0.15) is 47.8 Å². The number of hydrazine groups is 1. The van der Waals surface area contributed by atoms with Gasteiger partial charge in [0.05, 0.1) is 0 Å². The van der Waals surface area contributed by atoms with Crippen molar-refractivity contribution in [3.8, 4) is 0 Å². The molecule has 1 aromatic carbocycles. The number of rotatable bonds is 2. The minimum Gasteiger partial charge on any atom is -0.299 e. The first kappa shape index (κ1) is 15.8. The number of nitrogens with one attached hydrogen (secondary N) is 1. The fraction of sp³-hybridized carbons (Fsp3) is 0.350. The van der Waals surface area contributed by atoms with Crippen molar-refractivity contribution in [3.63, 3.8) is 0 Å². The van der Waals surface area contributed by atoms with Gasteiger partial charge in [-0.2, -0.15) is 0 Å². The summed E-state index contributed by atoms with van der Waals surface area (Å²) in [5.41, 5.74) is 9.44. The molecule has 1 atom stereocenters. The van der Waals surface area contributed by atoms with Crippen LogP contribution in [0.25, 0.3) is 0 Å². The van der Waals surface area contributed by atoms with E-state index in [1.165, 1.54) is 5.56 Å². The molecule has 1 unspecified atom stereocenters. The molecule has 0 radical (unpaired) electrons. The van der Waals surface area contributed by atoms with Crippen molar-refractivity contribution in [2.45, 2.75) is 46.1 Å². The summed E-state index contributed by atoms with van der Waals surface area (Å²) in [5.74, 6) is 0.844. The molecule has 0 amide bonds. The third-order valence-corrected chi connectivity index (χ3v) is 4.82. The molecule has 4 rings (SSSR count). The number of aryl methyl sites for hydroxylation is 3.